The number of rotatable bonds is 0. The molecule has 0 fully saturated rings. The molecule has 3 heterocycles. The fourth-order valence-corrected chi connectivity index (χ4v) is 1.14. The summed E-state index contributed by atoms with van der Waals surface area (Å²) >= 11 is 0. The van der Waals surface area contributed by atoms with E-state index in [1.54, 1.807) is 12.5 Å². The number of aromatic nitrogens is 1. The Hall–Kier alpha value is -1.38. The van der Waals surface area contributed by atoms with Gasteiger partial charge in [0.25, 0.3) is 0 Å². The van der Waals surface area contributed by atoms with E-state index in [2.05, 4.69) is 4.98 Å². The third-order valence-electron chi connectivity index (χ3n) is 1.55. The minimum atomic E-state index is 0.838. The van der Waals surface area contributed by atoms with Crippen molar-refractivity contribution in [3.05, 3.63) is 12.5 Å². The second kappa shape index (κ2) is 0.857. The van der Waals surface area contributed by atoms with Crippen molar-refractivity contribution >= 4 is 22.2 Å². The van der Waals surface area contributed by atoms with Crippen molar-refractivity contribution in [1.82, 2.24) is 4.98 Å². The van der Waals surface area contributed by atoms with E-state index < -0.39 is 0 Å². The summed E-state index contributed by atoms with van der Waals surface area (Å²) in [5, 5.41) is 0. The summed E-state index contributed by atoms with van der Waals surface area (Å²) in [4.78, 5) is 3.09. The third-order valence-corrected chi connectivity index (χ3v) is 1.55. The SMILES string of the molecule is c1oc2c3coc2c1[nH]3. The minimum Gasteiger partial charge on any atom is -0.456 e. The quantitative estimate of drug-likeness (QED) is 0.493. The number of aromatic amines is 1. The van der Waals surface area contributed by atoms with Gasteiger partial charge in [0.15, 0.2) is 11.2 Å². The Bertz CT molecular complexity index is 390. The topological polar surface area (TPSA) is 42.1 Å². The van der Waals surface area contributed by atoms with E-state index in [9.17, 15) is 0 Å². The highest BCUT2D eigenvalue weighted by Gasteiger charge is 2.13. The number of hydrogen-bond donors (Lipinski definition) is 1. The molecule has 0 aliphatic heterocycles. The molecule has 0 radical (unpaired) electrons. The van der Waals surface area contributed by atoms with Gasteiger partial charge >= 0.3 is 0 Å². The van der Waals surface area contributed by atoms with Crippen molar-refractivity contribution in [2.75, 3.05) is 0 Å². The van der Waals surface area contributed by atoms with E-state index in [1.807, 2.05) is 0 Å². The molecule has 1 N–H and O–H groups in total. The Labute approximate surface area is 49.6 Å². The molecule has 0 saturated carbocycles. The van der Waals surface area contributed by atoms with E-state index in [0.717, 1.165) is 22.2 Å². The molecule has 0 amide bonds. The van der Waals surface area contributed by atoms with Crippen LogP contribution in [0.15, 0.2) is 21.4 Å². The van der Waals surface area contributed by atoms with Crippen molar-refractivity contribution in [2.45, 2.75) is 0 Å². The van der Waals surface area contributed by atoms with Gasteiger partial charge in [-0.15, -0.1) is 0 Å². The van der Waals surface area contributed by atoms with Crippen LogP contribution in [-0.2, 0) is 0 Å². The lowest BCUT2D eigenvalue weighted by Gasteiger charge is -1.81. The van der Waals surface area contributed by atoms with Crippen LogP contribution in [0.4, 0.5) is 0 Å². The predicted molar refractivity (Wildman–Crippen MR) is 31.5 cm³/mol. The molecule has 0 saturated heterocycles. The van der Waals surface area contributed by atoms with Gasteiger partial charge in [0.05, 0.1) is 0 Å². The lowest BCUT2D eigenvalue weighted by molar-refractivity contribution is 0.609. The minimum absolute atomic E-state index is 0.838. The standard InChI is InChI=1S/C6H3NO2/c1-3-5-6(8-1)4(7-3)2-9-5/h1-2,7H. The summed E-state index contributed by atoms with van der Waals surface area (Å²) in [5.41, 5.74) is 3.57. The molecular formula is C6H3NO2. The molecule has 3 nitrogen and oxygen atoms in total. The van der Waals surface area contributed by atoms with Crippen LogP contribution >= 0.6 is 0 Å². The summed E-state index contributed by atoms with van der Waals surface area (Å²) in [6.07, 6.45) is 3.31. The van der Waals surface area contributed by atoms with Gasteiger partial charge in [0.2, 0.25) is 0 Å². The summed E-state index contributed by atoms with van der Waals surface area (Å²) < 4.78 is 10.2. The maximum absolute atomic E-state index is 5.10. The van der Waals surface area contributed by atoms with Gasteiger partial charge in [0, 0.05) is 0 Å². The summed E-state index contributed by atoms with van der Waals surface area (Å²) in [6, 6.07) is 0. The average molecular weight is 121 g/mol. The lowest BCUT2D eigenvalue weighted by Crippen LogP contribution is -1.64. The second-order valence-corrected chi connectivity index (χ2v) is 2.08. The molecule has 0 spiro atoms. The summed E-state index contributed by atoms with van der Waals surface area (Å²) in [7, 11) is 0. The van der Waals surface area contributed by atoms with Gasteiger partial charge in [-0.3, -0.25) is 0 Å². The molecule has 3 rings (SSSR count). The first kappa shape index (κ1) is 3.61. The highest BCUT2D eigenvalue weighted by atomic mass is 16.4. The molecule has 44 valence electrons. The van der Waals surface area contributed by atoms with E-state index in [1.165, 1.54) is 0 Å². The van der Waals surface area contributed by atoms with Gasteiger partial charge in [-0.05, 0) is 0 Å². The van der Waals surface area contributed by atoms with Gasteiger partial charge in [0.1, 0.15) is 23.6 Å². The average Bonchev–Trinajstić information content (AvgIpc) is 2.50. The van der Waals surface area contributed by atoms with Crippen LogP contribution in [0.2, 0.25) is 0 Å². The molecule has 0 unspecified atom stereocenters. The summed E-state index contributed by atoms with van der Waals surface area (Å²) in [6.45, 7) is 0. The Morgan fingerprint density at radius 3 is 1.89 bits per heavy atom. The zero-order valence-electron chi connectivity index (χ0n) is 4.47. The molecule has 0 aliphatic rings. The van der Waals surface area contributed by atoms with Gasteiger partial charge in [-0.25, -0.2) is 0 Å². The number of nitrogens with one attached hydrogen (secondary N) is 1. The first-order valence-electron chi connectivity index (χ1n) is 2.71. The molecule has 0 atom stereocenters. The third kappa shape index (κ3) is 0.233. The Morgan fingerprint density at radius 2 is 1.56 bits per heavy atom. The first-order valence-corrected chi connectivity index (χ1v) is 2.71. The van der Waals surface area contributed by atoms with Crippen molar-refractivity contribution in [2.24, 2.45) is 0 Å². The highest BCUT2D eigenvalue weighted by molar-refractivity contribution is 6.01. The van der Waals surface area contributed by atoms with Crippen LogP contribution in [0, 0.1) is 0 Å². The van der Waals surface area contributed by atoms with Crippen LogP contribution in [0.5, 0.6) is 0 Å². The first-order chi connectivity index (χ1) is 4.45. The van der Waals surface area contributed by atoms with Gasteiger partial charge in [-0.1, -0.05) is 0 Å². The normalized spacial score (nSPS) is 12.4. The second-order valence-electron chi connectivity index (χ2n) is 2.08. The number of furan rings is 2. The van der Waals surface area contributed by atoms with Gasteiger partial charge < -0.3 is 13.8 Å². The molecule has 3 aromatic rings. The fraction of sp³-hybridized carbons (Fsp3) is 0. The highest BCUT2D eigenvalue weighted by Crippen LogP contribution is 2.30. The van der Waals surface area contributed by atoms with Crippen LogP contribution < -0.4 is 0 Å². The van der Waals surface area contributed by atoms with Crippen molar-refractivity contribution in [3.63, 3.8) is 0 Å². The fourth-order valence-electron chi connectivity index (χ4n) is 1.14. The Morgan fingerprint density at radius 1 is 1.00 bits per heavy atom. The number of H-pyrrole nitrogens is 1. The molecule has 4 bridgehead atoms. The van der Waals surface area contributed by atoms with Crippen molar-refractivity contribution in [3.8, 4) is 0 Å². The smallest absolute Gasteiger partial charge is 0.198 e. The van der Waals surface area contributed by atoms with Crippen LogP contribution in [0.1, 0.15) is 0 Å². The zero-order valence-corrected chi connectivity index (χ0v) is 4.47. The maximum atomic E-state index is 5.10. The predicted octanol–water partition coefficient (Wildman–Crippen LogP) is 1.94. The van der Waals surface area contributed by atoms with E-state index >= 15 is 0 Å². The van der Waals surface area contributed by atoms with Crippen LogP contribution in [0.3, 0.4) is 0 Å². The van der Waals surface area contributed by atoms with E-state index in [-0.39, 0.29) is 0 Å². The van der Waals surface area contributed by atoms with Crippen molar-refractivity contribution < 1.29 is 8.83 Å². The van der Waals surface area contributed by atoms with E-state index in [4.69, 9.17) is 8.83 Å². The Balaban J connectivity index is 3.03. The molecule has 9 heavy (non-hydrogen) atoms. The largest absolute Gasteiger partial charge is 0.456 e. The molecule has 3 heteroatoms. The van der Waals surface area contributed by atoms with E-state index in [0.29, 0.717) is 0 Å². The molecule has 3 aromatic heterocycles. The monoisotopic (exact) mass is 121 g/mol. The van der Waals surface area contributed by atoms with Crippen LogP contribution in [0.25, 0.3) is 22.2 Å². The number of hydrogen-bond acceptors (Lipinski definition) is 2. The van der Waals surface area contributed by atoms with Crippen LogP contribution in [-0.4, -0.2) is 4.98 Å². The molecular weight excluding hydrogens is 118 g/mol. The zero-order chi connectivity index (χ0) is 5.84. The molecule has 0 aromatic carbocycles. The Kier molecular flexibility index (Phi) is 0.344. The molecule has 0 aliphatic carbocycles. The van der Waals surface area contributed by atoms with Gasteiger partial charge in [-0.2, -0.15) is 0 Å². The lowest BCUT2D eigenvalue weighted by atomic mass is 10.5. The van der Waals surface area contributed by atoms with Crippen molar-refractivity contribution in [1.29, 1.82) is 0 Å². The maximum Gasteiger partial charge on any atom is 0.198 e. The summed E-state index contributed by atoms with van der Waals surface area (Å²) in [5.74, 6) is 0.